The van der Waals surface area contributed by atoms with Crippen LogP contribution in [0.3, 0.4) is 0 Å². The van der Waals surface area contributed by atoms with Gasteiger partial charge in [0, 0.05) is 31.3 Å². The molecular formula is C43H57F2N3O10S. The van der Waals surface area contributed by atoms with Gasteiger partial charge in [-0.15, -0.1) is 0 Å². The number of benzene rings is 1. The molecule has 1 saturated heterocycles. The van der Waals surface area contributed by atoms with Crippen LogP contribution in [-0.2, 0) is 33.9 Å². The van der Waals surface area contributed by atoms with E-state index in [9.17, 15) is 36.4 Å². The second-order valence-corrected chi connectivity index (χ2v) is 20.2. The number of carbonyl (C=O) groups excluding carboxylic acids is 4. The molecule has 0 spiro atoms. The van der Waals surface area contributed by atoms with Crippen LogP contribution in [-0.4, -0.2) is 91.0 Å². The van der Waals surface area contributed by atoms with Gasteiger partial charge in [-0.25, -0.2) is 22.2 Å². The standard InChI is InChI=1S/C43H57F2N3O10S/c1-25-11-9-10-12-28-22-43(28,39(52)47-59(53,54)41(5)14-15-41)23-33(49)32-19-29(57-37-31-20-35(56-8)34(55-7)18-27(31)13-16-46-37)24-48(32)38(51)30(26(2)17-25)21-36(50)58-40(3,4)42(6,44)45/h10,12-13,16,18,20,25-26,28-30,32H,9,11,14-15,17,19,21-24H2,1-8H3,(H,47,52)/b12-10-/t25-,26-,28-,29-,30+,32+,43-/m1/s1. The summed E-state index contributed by atoms with van der Waals surface area (Å²) in [6.45, 7) is 8.22. The molecule has 3 fully saturated rings. The highest BCUT2D eigenvalue weighted by Gasteiger charge is 2.63. The molecule has 2 aliphatic carbocycles. The quantitative estimate of drug-likeness (QED) is 0.192. The molecule has 1 N–H and O–H groups in total. The third-order valence-electron chi connectivity index (χ3n) is 13.1. The molecule has 2 aromatic rings. The van der Waals surface area contributed by atoms with E-state index in [1.807, 2.05) is 26.0 Å². The number of halogens is 2. The van der Waals surface area contributed by atoms with Gasteiger partial charge in [-0.3, -0.25) is 23.9 Å². The molecule has 324 valence electrons. The molecule has 2 saturated carbocycles. The molecule has 2 amide bonds. The fraction of sp³-hybridized carbons (Fsp3) is 0.651. The summed E-state index contributed by atoms with van der Waals surface area (Å²) in [5.74, 6) is -6.79. The Labute approximate surface area is 345 Å². The summed E-state index contributed by atoms with van der Waals surface area (Å²) in [6.07, 6.45) is 6.68. The topological polar surface area (TPSA) is 167 Å². The van der Waals surface area contributed by atoms with Gasteiger partial charge in [0.25, 0.3) is 5.92 Å². The van der Waals surface area contributed by atoms with Gasteiger partial charge in [-0.05, 0) is 101 Å². The van der Waals surface area contributed by atoms with Gasteiger partial charge in [-0.1, -0.05) is 26.0 Å². The predicted octanol–water partition coefficient (Wildman–Crippen LogP) is 6.56. The number of fused-ring (bicyclic) bond motifs is 3. The molecule has 16 heteroatoms. The predicted molar refractivity (Wildman–Crippen MR) is 214 cm³/mol. The fourth-order valence-corrected chi connectivity index (χ4v) is 9.74. The molecule has 1 aromatic carbocycles. The Morgan fingerprint density at radius 2 is 1.73 bits per heavy atom. The molecule has 1 aromatic heterocycles. The summed E-state index contributed by atoms with van der Waals surface area (Å²) < 4.78 is 79.4. The number of nitrogens with one attached hydrogen (secondary N) is 1. The van der Waals surface area contributed by atoms with Crippen molar-refractivity contribution in [3.63, 3.8) is 0 Å². The van der Waals surface area contributed by atoms with E-state index in [0.717, 1.165) is 19.2 Å². The minimum atomic E-state index is -4.02. The molecule has 0 unspecified atom stereocenters. The van der Waals surface area contributed by atoms with Crippen LogP contribution in [0.15, 0.2) is 36.5 Å². The molecule has 13 nitrogen and oxygen atoms in total. The van der Waals surface area contributed by atoms with E-state index in [4.69, 9.17) is 18.9 Å². The number of ether oxygens (including phenoxy) is 4. The Morgan fingerprint density at radius 1 is 1.05 bits per heavy atom. The number of ketones is 1. The van der Waals surface area contributed by atoms with Crippen molar-refractivity contribution in [2.24, 2.45) is 29.1 Å². The number of Topliss-reactive ketones (excluding diaryl/α,β-unsaturated/α-hetero) is 1. The Balaban J connectivity index is 1.36. The van der Waals surface area contributed by atoms with Crippen molar-refractivity contribution in [2.45, 2.75) is 128 Å². The number of carbonyl (C=O) groups is 4. The lowest BCUT2D eigenvalue weighted by Gasteiger charge is -2.34. The van der Waals surface area contributed by atoms with E-state index in [0.29, 0.717) is 55.9 Å². The second kappa shape index (κ2) is 16.3. The first-order valence-corrected chi connectivity index (χ1v) is 21.9. The van der Waals surface area contributed by atoms with Gasteiger partial charge < -0.3 is 23.8 Å². The lowest BCUT2D eigenvalue weighted by molar-refractivity contribution is -0.197. The highest BCUT2D eigenvalue weighted by atomic mass is 32.2. The van der Waals surface area contributed by atoms with Crippen LogP contribution < -0.4 is 18.9 Å². The number of aromatic nitrogens is 1. The maximum Gasteiger partial charge on any atom is 0.307 e. The third-order valence-corrected chi connectivity index (χ3v) is 15.3. The second-order valence-electron chi connectivity index (χ2n) is 18.0. The summed E-state index contributed by atoms with van der Waals surface area (Å²) in [5, 5.41) is 1.31. The average Bonchev–Trinajstić information content (AvgIpc) is 4.04. The van der Waals surface area contributed by atoms with E-state index in [2.05, 4.69) is 9.71 Å². The Hall–Kier alpha value is -4.34. The van der Waals surface area contributed by atoms with E-state index < -0.39 is 91.6 Å². The molecule has 6 rings (SSSR count). The molecule has 7 atom stereocenters. The highest BCUT2D eigenvalue weighted by molar-refractivity contribution is 7.91. The zero-order valence-electron chi connectivity index (χ0n) is 35.1. The Morgan fingerprint density at radius 3 is 2.37 bits per heavy atom. The van der Waals surface area contributed by atoms with Gasteiger partial charge >= 0.3 is 5.97 Å². The number of hydrogen-bond donors (Lipinski definition) is 1. The van der Waals surface area contributed by atoms with Crippen LogP contribution in [0.5, 0.6) is 17.4 Å². The van der Waals surface area contributed by atoms with Gasteiger partial charge in [-0.2, -0.15) is 0 Å². The SMILES string of the molecule is COc1cc2ccnc(O[C@@H]3C[C@H]4C(=O)C[C@]5(C(=O)NS(=O)(=O)C6(C)CC6)C[C@H]5/C=C\CC[C@@H](C)C[C@@H](C)[C@H](CC(=O)OC(C)(C)C(C)(F)F)C(=O)N4C3)c2cc1OC. The number of pyridine rings is 1. The number of alkyl halides is 2. The van der Waals surface area contributed by atoms with Gasteiger partial charge in [0.1, 0.15) is 6.10 Å². The fourth-order valence-electron chi connectivity index (χ4n) is 8.41. The number of amides is 2. The molecule has 0 bridgehead atoms. The molecule has 4 aliphatic rings. The van der Waals surface area contributed by atoms with Crippen molar-refractivity contribution in [2.75, 3.05) is 20.8 Å². The van der Waals surface area contributed by atoms with E-state index in [1.165, 1.54) is 19.1 Å². The smallest absolute Gasteiger partial charge is 0.307 e. The van der Waals surface area contributed by atoms with Crippen molar-refractivity contribution >= 4 is 44.4 Å². The zero-order valence-corrected chi connectivity index (χ0v) is 36.0. The van der Waals surface area contributed by atoms with Gasteiger partial charge in [0.05, 0.1) is 49.3 Å². The van der Waals surface area contributed by atoms with E-state index >= 15 is 0 Å². The lowest BCUT2D eigenvalue weighted by Crippen LogP contribution is -2.49. The first kappa shape index (κ1) is 44.2. The minimum absolute atomic E-state index is 0.00153. The maximum absolute atomic E-state index is 14.9. The van der Waals surface area contributed by atoms with Crippen LogP contribution in [0.25, 0.3) is 10.8 Å². The molecule has 0 radical (unpaired) electrons. The number of esters is 1. The maximum atomic E-state index is 14.9. The average molecular weight is 846 g/mol. The monoisotopic (exact) mass is 845 g/mol. The van der Waals surface area contributed by atoms with Crippen molar-refractivity contribution in [1.29, 1.82) is 0 Å². The van der Waals surface area contributed by atoms with Gasteiger partial charge in [0.15, 0.2) is 22.9 Å². The van der Waals surface area contributed by atoms with Crippen LogP contribution >= 0.6 is 0 Å². The molecular weight excluding hydrogens is 789 g/mol. The summed E-state index contributed by atoms with van der Waals surface area (Å²) in [7, 11) is -1.00. The normalized spacial score (nSPS) is 29.3. The van der Waals surface area contributed by atoms with Gasteiger partial charge in [0.2, 0.25) is 27.7 Å². The molecule has 59 heavy (non-hydrogen) atoms. The largest absolute Gasteiger partial charge is 0.493 e. The third kappa shape index (κ3) is 9.07. The van der Waals surface area contributed by atoms with Crippen molar-refractivity contribution in [3.8, 4) is 17.4 Å². The molecule has 2 aliphatic heterocycles. The summed E-state index contributed by atoms with van der Waals surface area (Å²) in [4.78, 5) is 63.0. The molecule has 3 heterocycles. The number of allylic oxidation sites excluding steroid dienone is 2. The Bertz CT molecular complexity index is 2120. The van der Waals surface area contributed by atoms with E-state index in [-0.39, 0.29) is 37.6 Å². The Kier molecular flexibility index (Phi) is 12.2. The zero-order chi connectivity index (χ0) is 43.3. The highest BCUT2D eigenvalue weighted by Crippen LogP contribution is 2.58. The summed E-state index contributed by atoms with van der Waals surface area (Å²) in [5.41, 5.74) is -3.51. The summed E-state index contributed by atoms with van der Waals surface area (Å²) in [6, 6.07) is 4.12. The first-order chi connectivity index (χ1) is 27.5. The van der Waals surface area contributed by atoms with Crippen LogP contribution in [0.4, 0.5) is 8.78 Å². The summed E-state index contributed by atoms with van der Waals surface area (Å²) >= 11 is 0. The first-order valence-electron chi connectivity index (χ1n) is 20.4. The van der Waals surface area contributed by atoms with Crippen LogP contribution in [0.2, 0.25) is 0 Å². The van der Waals surface area contributed by atoms with Crippen molar-refractivity contribution in [1.82, 2.24) is 14.6 Å². The number of hydrogen-bond acceptors (Lipinski definition) is 11. The number of rotatable bonds is 11. The van der Waals surface area contributed by atoms with E-state index in [1.54, 1.807) is 31.3 Å². The number of sulfonamides is 1. The number of methoxy groups -OCH3 is 2. The minimum Gasteiger partial charge on any atom is -0.493 e. The van der Waals surface area contributed by atoms with Crippen LogP contribution in [0, 0.1) is 29.1 Å². The van der Waals surface area contributed by atoms with Crippen molar-refractivity contribution < 1.29 is 55.3 Å². The van der Waals surface area contributed by atoms with Crippen LogP contribution in [0.1, 0.15) is 99.3 Å². The number of nitrogens with zero attached hydrogens (tertiary/aromatic N) is 2. The lowest BCUT2D eigenvalue weighted by atomic mass is 9.82. The van der Waals surface area contributed by atoms with Crippen molar-refractivity contribution in [3.05, 3.63) is 36.5 Å².